The monoisotopic (exact) mass is 539 g/mol. The predicted octanol–water partition coefficient (Wildman–Crippen LogP) is 7.25. The molecule has 0 saturated carbocycles. The number of piperidine rings is 1. The van der Waals surface area contributed by atoms with Crippen LogP contribution < -0.4 is 14.8 Å². The number of nitrogens with zero attached hydrogens (tertiary/aromatic N) is 1. The summed E-state index contributed by atoms with van der Waals surface area (Å²) in [4.78, 5) is 19.3. The number of H-pyrrole nitrogens is 1. The molecule has 2 heterocycles. The number of carbonyl (C=O) groups is 1. The summed E-state index contributed by atoms with van der Waals surface area (Å²) in [6.07, 6.45) is 1.99. The zero-order chi connectivity index (χ0) is 28.4. The Balaban J connectivity index is 1.43. The number of amides is 1. The lowest BCUT2D eigenvalue weighted by Crippen LogP contribution is -2.46. The van der Waals surface area contributed by atoms with Crippen molar-refractivity contribution in [3.8, 4) is 33.9 Å². The zero-order valence-corrected chi connectivity index (χ0v) is 24.5. The molecular weight excluding hydrogens is 498 g/mol. The van der Waals surface area contributed by atoms with Gasteiger partial charge in [0.05, 0.1) is 19.9 Å². The molecule has 1 fully saturated rings. The first-order valence-electron chi connectivity index (χ1n) is 14.3. The van der Waals surface area contributed by atoms with Crippen LogP contribution in [-0.4, -0.2) is 55.2 Å². The van der Waals surface area contributed by atoms with E-state index in [1.54, 1.807) is 14.2 Å². The number of likely N-dealkylation sites (tertiary alicyclic amines) is 1. The Labute approximate surface area is 237 Å². The molecule has 2 N–H and O–H groups in total. The van der Waals surface area contributed by atoms with Crippen LogP contribution >= 0.6 is 0 Å². The van der Waals surface area contributed by atoms with Gasteiger partial charge in [0.15, 0.2) is 11.5 Å². The molecule has 0 atom stereocenters. The third-order valence-electron chi connectivity index (χ3n) is 8.14. The second-order valence-electron chi connectivity index (χ2n) is 11.4. The summed E-state index contributed by atoms with van der Waals surface area (Å²) in [7, 11) is 3.31. The van der Waals surface area contributed by atoms with Crippen molar-refractivity contribution >= 4 is 16.8 Å². The van der Waals surface area contributed by atoms with Gasteiger partial charge in [-0.25, -0.2) is 0 Å². The van der Waals surface area contributed by atoms with Crippen LogP contribution in [0.1, 0.15) is 62.4 Å². The third-order valence-corrected chi connectivity index (χ3v) is 8.14. The van der Waals surface area contributed by atoms with E-state index in [1.807, 2.05) is 30.3 Å². The lowest BCUT2D eigenvalue weighted by atomic mass is 9.94. The van der Waals surface area contributed by atoms with Gasteiger partial charge >= 0.3 is 0 Å². The lowest BCUT2D eigenvalue weighted by Gasteiger charge is -2.34. The number of nitrogens with one attached hydrogen (secondary N) is 2. The molecule has 3 aromatic carbocycles. The first-order chi connectivity index (χ1) is 19.3. The average Bonchev–Trinajstić information content (AvgIpc) is 3.36. The molecular formula is C34H41N3O3. The zero-order valence-electron chi connectivity index (χ0n) is 24.5. The number of aromatic nitrogens is 1. The van der Waals surface area contributed by atoms with Gasteiger partial charge in [0.25, 0.3) is 5.91 Å². The SMILES string of the molecule is COc1ccc(-c2[nH]c3ccc(-c4cccc(C(=O)NC5CCN(C(C)C)CC5)c4)cc3c2C(C)C)cc1OC. The number of aromatic amines is 1. The van der Waals surface area contributed by atoms with Crippen molar-refractivity contribution in [1.82, 2.24) is 15.2 Å². The number of hydrogen-bond donors (Lipinski definition) is 2. The molecule has 1 aliphatic rings. The maximum atomic E-state index is 13.2. The van der Waals surface area contributed by atoms with Crippen LogP contribution in [0.3, 0.4) is 0 Å². The second kappa shape index (κ2) is 11.8. The molecule has 1 saturated heterocycles. The maximum absolute atomic E-state index is 13.2. The Hall–Kier alpha value is -3.77. The molecule has 210 valence electrons. The highest BCUT2D eigenvalue weighted by Crippen LogP contribution is 2.40. The fraction of sp³-hybridized carbons (Fsp3) is 0.382. The van der Waals surface area contributed by atoms with Crippen molar-refractivity contribution < 1.29 is 14.3 Å². The van der Waals surface area contributed by atoms with E-state index in [0.717, 1.165) is 53.8 Å². The highest BCUT2D eigenvalue weighted by Gasteiger charge is 2.23. The van der Waals surface area contributed by atoms with Gasteiger partial charge in [-0.05, 0) is 91.8 Å². The molecule has 0 unspecified atom stereocenters. The van der Waals surface area contributed by atoms with Gasteiger partial charge in [-0.3, -0.25) is 4.79 Å². The van der Waals surface area contributed by atoms with Crippen molar-refractivity contribution in [3.05, 3.63) is 71.8 Å². The molecule has 0 spiro atoms. The van der Waals surface area contributed by atoms with Crippen LogP contribution in [0.25, 0.3) is 33.3 Å². The largest absolute Gasteiger partial charge is 0.493 e. The minimum Gasteiger partial charge on any atom is -0.493 e. The Kier molecular flexibility index (Phi) is 8.17. The Morgan fingerprint density at radius 2 is 1.57 bits per heavy atom. The molecule has 5 rings (SSSR count). The molecule has 1 amide bonds. The number of benzene rings is 3. The maximum Gasteiger partial charge on any atom is 0.251 e. The standard InChI is InChI=1S/C34H41N3O3/c1-21(2)32-28-19-24(10-12-29(28)36-33(32)25-11-13-30(39-5)31(20-25)40-6)23-8-7-9-26(18-23)34(38)35-27-14-16-37(17-15-27)22(3)4/h7-13,18-22,27,36H,14-17H2,1-6H3,(H,35,38). The summed E-state index contributed by atoms with van der Waals surface area (Å²) in [6, 6.07) is 21.3. The Morgan fingerprint density at radius 3 is 2.25 bits per heavy atom. The number of carbonyl (C=O) groups excluding carboxylic acids is 1. The first kappa shape index (κ1) is 27.8. The Morgan fingerprint density at radius 1 is 0.875 bits per heavy atom. The minimum atomic E-state index is 0.00572. The van der Waals surface area contributed by atoms with Crippen LogP contribution in [-0.2, 0) is 0 Å². The van der Waals surface area contributed by atoms with E-state index in [1.165, 1.54) is 10.9 Å². The summed E-state index contributed by atoms with van der Waals surface area (Å²) in [5, 5.41) is 4.46. The molecule has 6 nitrogen and oxygen atoms in total. The van der Waals surface area contributed by atoms with Gasteiger partial charge in [-0.1, -0.05) is 32.0 Å². The molecule has 0 bridgehead atoms. The molecule has 1 aromatic heterocycles. The molecule has 6 heteroatoms. The van der Waals surface area contributed by atoms with E-state index in [-0.39, 0.29) is 11.9 Å². The smallest absolute Gasteiger partial charge is 0.251 e. The fourth-order valence-corrected chi connectivity index (χ4v) is 5.88. The summed E-state index contributed by atoms with van der Waals surface area (Å²) in [5.74, 6) is 1.72. The van der Waals surface area contributed by atoms with E-state index in [2.05, 4.69) is 73.2 Å². The van der Waals surface area contributed by atoms with E-state index in [0.29, 0.717) is 29.0 Å². The molecule has 0 aliphatic carbocycles. The van der Waals surface area contributed by atoms with Crippen molar-refractivity contribution in [2.24, 2.45) is 0 Å². The average molecular weight is 540 g/mol. The lowest BCUT2D eigenvalue weighted by molar-refractivity contribution is 0.0900. The molecule has 1 aliphatic heterocycles. The summed E-state index contributed by atoms with van der Waals surface area (Å²) in [5.41, 5.74) is 7.30. The van der Waals surface area contributed by atoms with Crippen LogP contribution in [0.2, 0.25) is 0 Å². The van der Waals surface area contributed by atoms with Crippen LogP contribution in [0.5, 0.6) is 11.5 Å². The third kappa shape index (κ3) is 5.59. The summed E-state index contributed by atoms with van der Waals surface area (Å²) >= 11 is 0. The number of fused-ring (bicyclic) bond motifs is 1. The van der Waals surface area contributed by atoms with E-state index < -0.39 is 0 Å². The van der Waals surface area contributed by atoms with Gasteiger partial charge in [0.2, 0.25) is 0 Å². The summed E-state index contributed by atoms with van der Waals surface area (Å²) in [6.45, 7) is 11.0. The van der Waals surface area contributed by atoms with Crippen LogP contribution in [0.4, 0.5) is 0 Å². The highest BCUT2D eigenvalue weighted by molar-refractivity contribution is 5.97. The van der Waals surface area contributed by atoms with Crippen molar-refractivity contribution in [2.75, 3.05) is 27.3 Å². The predicted molar refractivity (Wildman–Crippen MR) is 164 cm³/mol. The molecule has 0 radical (unpaired) electrons. The number of ether oxygens (including phenoxy) is 2. The number of rotatable bonds is 8. The fourth-order valence-electron chi connectivity index (χ4n) is 5.88. The van der Waals surface area contributed by atoms with Crippen LogP contribution in [0.15, 0.2) is 60.7 Å². The first-order valence-corrected chi connectivity index (χ1v) is 14.3. The topological polar surface area (TPSA) is 66.6 Å². The van der Waals surface area contributed by atoms with Crippen molar-refractivity contribution in [1.29, 1.82) is 0 Å². The quantitative estimate of drug-likeness (QED) is 0.248. The van der Waals surface area contributed by atoms with Crippen molar-refractivity contribution in [2.45, 2.75) is 58.5 Å². The summed E-state index contributed by atoms with van der Waals surface area (Å²) < 4.78 is 11.0. The van der Waals surface area contributed by atoms with Crippen molar-refractivity contribution in [3.63, 3.8) is 0 Å². The van der Waals surface area contributed by atoms with Gasteiger partial charge < -0.3 is 24.7 Å². The van der Waals surface area contributed by atoms with Gasteiger partial charge in [0, 0.05) is 47.2 Å². The van der Waals surface area contributed by atoms with E-state index >= 15 is 0 Å². The van der Waals surface area contributed by atoms with Gasteiger partial charge in [0.1, 0.15) is 0 Å². The molecule has 40 heavy (non-hydrogen) atoms. The minimum absolute atomic E-state index is 0.00572. The normalized spacial score (nSPS) is 14.7. The highest BCUT2D eigenvalue weighted by atomic mass is 16.5. The second-order valence-corrected chi connectivity index (χ2v) is 11.4. The number of hydrogen-bond acceptors (Lipinski definition) is 4. The van der Waals surface area contributed by atoms with Crippen LogP contribution in [0, 0.1) is 0 Å². The van der Waals surface area contributed by atoms with E-state index in [9.17, 15) is 4.79 Å². The van der Waals surface area contributed by atoms with E-state index in [4.69, 9.17) is 9.47 Å². The number of methoxy groups -OCH3 is 2. The van der Waals surface area contributed by atoms with Gasteiger partial charge in [-0.15, -0.1) is 0 Å². The van der Waals surface area contributed by atoms with Gasteiger partial charge in [-0.2, -0.15) is 0 Å². The molecule has 4 aromatic rings. The Bertz CT molecular complexity index is 1500.